The lowest BCUT2D eigenvalue weighted by molar-refractivity contribution is -0.130. The fourth-order valence-electron chi connectivity index (χ4n) is 9.37. The highest BCUT2D eigenvalue weighted by atomic mass is 32.1. The molecule has 4 heterocycles. The Morgan fingerprint density at radius 1 is 0.621 bits per heavy atom. The first-order chi connectivity index (χ1) is 28.2. The Morgan fingerprint density at radius 3 is 1.53 bits per heavy atom. The maximum atomic E-state index is 13.2. The molecule has 10 nitrogen and oxygen atoms in total. The Labute approximate surface area is 348 Å². The van der Waals surface area contributed by atoms with Crippen LogP contribution < -0.4 is 15.5 Å². The van der Waals surface area contributed by atoms with Gasteiger partial charge in [-0.15, -0.1) is 22.7 Å². The summed E-state index contributed by atoms with van der Waals surface area (Å²) < 4.78 is 10.1. The fraction of sp³-hybridized carbons (Fsp3) is 0.457. The van der Waals surface area contributed by atoms with E-state index in [4.69, 9.17) is 15.2 Å². The second-order valence-corrected chi connectivity index (χ2v) is 18.0. The molecule has 2 amide bonds. The van der Waals surface area contributed by atoms with Crippen molar-refractivity contribution in [3.05, 3.63) is 82.6 Å². The first kappa shape index (κ1) is 41.5. The third-order valence-corrected chi connectivity index (χ3v) is 14.5. The number of esters is 2. The number of piperidine rings is 2. The topological polar surface area (TPSA) is 136 Å². The van der Waals surface area contributed by atoms with Crippen LogP contribution in [-0.4, -0.2) is 61.9 Å². The Balaban J connectivity index is 0.000000177. The molecule has 2 aromatic heterocycles. The van der Waals surface area contributed by atoms with Crippen LogP contribution in [0.2, 0.25) is 0 Å². The van der Waals surface area contributed by atoms with Gasteiger partial charge in [0.1, 0.15) is 15.5 Å². The van der Waals surface area contributed by atoms with E-state index in [2.05, 4.69) is 0 Å². The van der Waals surface area contributed by atoms with Gasteiger partial charge in [-0.1, -0.05) is 99.2 Å². The lowest BCUT2D eigenvalue weighted by Crippen LogP contribution is -2.54. The van der Waals surface area contributed by atoms with Gasteiger partial charge in [0.25, 0.3) is 0 Å². The lowest BCUT2D eigenvalue weighted by Gasteiger charge is -2.43. The van der Waals surface area contributed by atoms with E-state index in [9.17, 15) is 24.0 Å². The molecule has 0 bridgehead atoms. The van der Waals surface area contributed by atoms with Gasteiger partial charge in [0.2, 0.25) is 11.8 Å². The molecule has 0 spiro atoms. The molecular formula is C46H53N3O7S2. The van der Waals surface area contributed by atoms with Crippen LogP contribution in [-0.2, 0) is 23.9 Å². The first-order valence-corrected chi connectivity index (χ1v) is 22.3. The number of nitrogens with two attached hydrogens (primary N) is 1. The predicted molar refractivity (Wildman–Crippen MR) is 229 cm³/mol. The maximum absolute atomic E-state index is 13.2. The van der Waals surface area contributed by atoms with Crippen LogP contribution in [0.4, 0.5) is 11.4 Å². The number of carbonyl (C=O) groups is 5. The summed E-state index contributed by atoms with van der Waals surface area (Å²) in [6, 6.07) is 23.4. The van der Waals surface area contributed by atoms with Gasteiger partial charge in [0.05, 0.1) is 32.0 Å². The molecule has 4 aliphatic rings. The minimum Gasteiger partial charge on any atom is -0.465 e. The molecule has 3 atom stereocenters. The van der Waals surface area contributed by atoms with Crippen LogP contribution >= 0.6 is 22.7 Å². The second kappa shape index (κ2) is 18.9. The molecule has 3 unspecified atom stereocenters. The summed E-state index contributed by atoms with van der Waals surface area (Å²) in [6.45, 7) is 0. The number of ether oxygens (including phenoxy) is 2. The molecule has 4 fully saturated rings. The maximum Gasteiger partial charge on any atom is 0.350 e. The number of rotatable bonds is 8. The summed E-state index contributed by atoms with van der Waals surface area (Å²) in [4.78, 5) is 70.0. The summed E-state index contributed by atoms with van der Waals surface area (Å²) >= 11 is 2.73. The number of hydrogen-bond donors (Lipinski definition) is 1. The number of methoxy groups -OCH3 is 2. The van der Waals surface area contributed by atoms with Gasteiger partial charge in [-0.3, -0.25) is 14.4 Å². The smallest absolute Gasteiger partial charge is 0.350 e. The highest BCUT2D eigenvalue weighted by molar-refractivity contribution is 7.18. The van der Waals surface area contributed by atoms with Gasteiger partial charge in [-0.25, -0.2) is 9.59 Å². The molecule has 2 aliphatic heterocycles. The van der Waals surface area contributed by atoms with Crippen molar-refractivity contribution in [2.24, 2.45) is 17.6 Å². The summed E-state index contributed by atoms with van der Waals surface area (Å²) in [7, 11) is 2.74. The van der Waals surface area contributed by atoms with Gasteiger partial charge in [0.15, 0.2) is 0 Å². The number of benzene rings is 2. The number of anilines is 2. The zero-order valence-corrected chi connectivity index (χ0v) is 35.0. The number of amides is 2. The highest BCUT2D eigenvalue weighted by Crippen LogP contribution is 2.44. The molecular weight excluding hydrogens is 771 g/mol. The van der Waals surface area contributed by atoms with E-state index >= 15 is 0 Å². The quantitative estimate of drug-likeness (QED) is 0.137. The van der Waals surface area contributed by atoms with Crippen molar-refractivity contribution in [3.63, 3.8) is 0 Å². The van der Waals surface area contributed by atoms with E-state index in [-0.39, 0.29) is 42.1 Å². The van der Waals surface area contributed by atoms with E-state index in [0.29, 0.717) is 45.8 Å². The SMILES string of the molecule is COC(=O)c1sc(-c2ccccc2)cc1N1C(=O)CC(=O)CC1C1CCCCC1.COC(=O)c1sc(-c2ccccc2)cc1N1C(=O)CC(N)CC1C1CCCCC1. The molecule has 2 aliphatic carbocycles. The van der Waals surface area contributed by atoms with Crippen LogP contribution in [0.1, 0.15) is 109 Å². The van der Waals surface area contributed by atoms with E-state index in [1.54, 1.807) is 4.90 Å². The highest BCUT2D eigenvalue weighted by Gasteiger charge is 2.42. The van der Waals surface area contributed by atoms with E-state index in [1.165, 1.54) is 62.6 Å². The Morgan fingerprint density at radius 2 is 1.07 bits per heavy atom. The number of ketones is 1. The number of nitrogens with zero attached hydrogens (tertiary/aromatic N) is 2. The van der Waals surface area contributed by atoms with Crippen molar-refractivity contribution < 1.29 is 33.4 Å². The summed E-state index contributed by atoms with van der Waals surface area (Å²) in [5, 5.41) is 0. The molecule has 2 saturated carbocycles. The monoisotopic (exact) mass is 823 g/mol. The zero-order chi connectivity index (χ0) is 40.8. The van der Waals surface area contributed by atoms with E-state index in [0.717, 1.165) is 65.8 Å². The average Bonchev–Trinajstić information content (AvgIpc) is 3.90. The Kier molecular flexibility index (Phi) is 13.6. The summed E-state index contributed by atoms with van der Waals surface area (Å²) in [5.74, 6) is -0.301. The lowest BCUT2D eigenvalue weighted by atomic mass is 9.78. The third kappa shape index (κ3) is 9.14. The van der Waals surface area contributed by atoms with Crippen molar-refractivity contribution >= 4 is 63.6 Å². The molecule has 4 aromatic rings. The fourth-order valence-corrected chi connectivity index (χ4v) is 11.5. The number of thiophene rings is 2. The van der Waals surface area contributed by atoms with Crippen molar-refractivity contribution in [2.45, 2.75) is 108 Å². The molecule has 12 heteroatoms. The average molecular weight is 824 g/mol. The van der Waals surface area contributed by atoms with Crippen molar-refractivity contribution in [3.8, 4) is 20.9 Å². The minimum atomic E-state index is -0.445. The van der Waals surface area contributed by atoms with Crippen LogP contribution in [0.25, 0.3) is 20.9 Å². The largest absolute Gasteiger partial charge is 0.465 e. The van der Waals surface area contributed by atoms with Crippen LogP contribution in [0, 0.1) is 11.8 Å². The standard InChI is InChI=1S/C23H28N2O3S.C23H25NO4S/c1-28-23(27)22-19(14-20(29-22)16-10-6-3-7-11-16)25-18(12-17(24)13-21(25)26)15-8-4-2-5-9-15;1-28-23(27)22-19(14-20(29-22)16-10-6-3-7-11-16)24-18(12-17(25)13-21(24)26)15-8-4-2-5-9-15/h3,6-7,10-11,14-15,17-18H,2,4-5,8-9,12-13,24H2,1H3;3,6-7,10-11,14-15,18H,2,4-5,8-9,12-13H2,1H3. The number of carbonyl (C=O) groups excluding carboxylic acids is 5. The van der Waals surface area contributed by atoms with Gasteiger partial charge in [0, 0.05) is 40.7 Å². The van der Waals surface area contributed by atoms with Gasteiger partial charge in [-0.2, -0.15) is 0 Å². The molecule has 306 valence electrons. The minimum absolute atomic E-state index is 0.0000426. The number of Topliss-reactive ketones (excluding diaryl/α,β-unsaturated/α-hetero) is 1. The molecule has 2 aromatic carbocycles. The number of hydrogen-bond acceptors (Lipinski definition) is 10. The molecule has 2 saturated heterocycles. The second-order valence-electron chi connectivity index (χ2n) is 15.9. The Bertz CT molecular complexity index is 2090. The van der Waals surface area contributed by atoms with Crippen LogP contribution in [0.3, 0.4) is 0 Å². The normalized spacial score (nSPS) is 22.0. The Hall–Kier alpha value is -4.65. The summed E-state index contributed by atoms with van der Waals surface area (Å²) in [6.07, 6.45) is 12.7. The first-order valence-electron chi connectivity index (χ1n) is 20.6. The molecule has 8 rings (SSSR count). The molecule has 0 radical (unpaired) electrons. The van der Waals surface area contributed by atoms with Gasteiger partial charge >= 0.3 is 11.9 Å². The van der Waals surface area contributed by atoms with E-state index in [1.807, 2.05) is 77.7 Å². The van der Waals surface area contributed by atoms with Crippen molar-refractivity contribution in [2.75, 3.05) is 24.0 Å². The van der Waals surface area contributed by atoms with Crippen LogP contribution in [0.15, 0.2) is 72.8 Å². The summed E-state index contributed by atoms with van der Waals surface area (Å²) in [5.41, 5.74) is 9.55. The van der Waals surface area contributed by atoms with Crippen molar-refractivity contribution in [1.29, 1.82) is 0 Å². The van der Waals surface area contributed by atoms with E-state index < -0.39 is 11.9 Å². The molecule has 2 N–H and O–H groups in total. The van der Waals surface area contributed by atoms with Gasteiger partial charge in [-0.05, 0) is 67.2 Å². The predicted octanol–water partition coefficient (Wildman–Crippen LogP) is 9.45. The van der Waals surface area contributed by atoms with Crippen molar-refractivity contribution in [1.82, 2.24) is 0 Å². The van der Waals surface area contributed by atoms with Crippen LogP contribution in [0.5, 0.6) is 0 Å². The van der Waals surface area contributed by atoms with Gasteiger partial charge < -0.3 is 25.0 Å². The third-order valence-electron chi connectivity index (χ3n) is 12.2. The zero-order valence-electron chi connectivity index (χ0n) is 33.4. The molecule has 58 heavy (non-hydrogen) atoms.